The fourth-order valence-electron chi connectivity index (χ4n) is 4.01. The average Bonchev–Trinajstić information content (AvgIpc) is 3.38. The van der Waals surface area contributed by atoms with Crippen LogP contribution in [0.25, 0.3) is 11.0 Å². The highest BCUT2D eigenvalue weighted by molar-refractivity contribution is 7.99. The highest BCUT2D eigenvalue weighted by atomic mass is 35.5. The van der Waals surface area contributed by atoms with E-state index in [1.807, 2.05) is 67.1 Å². The Hall–Kier alpha value is -2.51. The standard InChI is InChI=1S/C23H25ClN4O2S/c1-15(16-8-3-4-9-17(16)24)25-22(30)20-12-7-13-28(20)21(29)14-31-23-26-18-10-5-6-11-19(18)27(23)2/h3-6,8-11,15,20H,7,12-14H2,1-2H3,(H,25,30)/t15?,20-/m0/s1. The van der Waals surface area contributed by atoms with Gasteiger partial charge in [0.2, 0.25) is 11.8 Å². The van der Waals surface area contributed by atoms with Crippen molar-refractivity contribution < 1.29 is 9.59 Å². The van der Waals surface area contributed by atoms with Crippen LogP contribution in [0.15, 0.2) is 53.7 Å². The minimum atomic E-state index is -0.446. The third-order valence-corrected chi connectivity index (χ3v) is 7.04. The number of rotatable bonds is 6. The van der Waals surface area contributed by atoms with Gasteiger partial charge in [-0.3, -0.25) is 9.59 Å². The molecule has 2 atom stereocenters. The van der Waals surface area contributed by atoms with Gasteiger partial charge in [0.25, 0.3) is 0 Å². The summed E-state index contributed by atoms with van der Waals surface area (Å²) in [5.41, 5.74) is 2.81. The maximum atomic E-state index is 12.9. The number of benzene rings is 2. The number of aromatic nitrogens is 2. The topological polar surface area (TPSA) is 67.2 Å². The van der Waals surface area contributed by atoms with Gasteiger partial charge in [-0.25, -0.2) is 4.98 Å². The van der Waals surface area contributed by atoms with Crippen LogP contribution in [0.3, 0.4) is 0 Å². The van der Waals surface area contributed by atoms with Gasteiger partial charge >= 0.3 is 0 Å². The zero-order valence-corrected chi connectivity index (χ0v) is 19.1. The van der Waals surface area contributed by atoms with Crippen LogP contribution >= 0.6 is 23.4 Å². The molecule has 1 unspecified atom stereocenters. The average molecular weight is 457 g/mol. The first-order valence-corrected chi connectivity index (χ1v) is 11.7. The van der Waals surface area contributed by atoms with Crippen LogP contribution in [0.1, 0.15) is 31.4 Å². The third-order valence-electron chi connectivity index (χ3n) is 5.68. The monoisotopic (exact) mass is 456 g/mol. The fraction of sp³-hybridized carbons (Fsp3) is 0.348. The van der Waals surface area contributed by atoms with E-state index in [0.29, 0.717) is 18.0 Å². The number of hydrogen-bond acceptors (Lipinski definition) is 4. The molecule has 3 aromatic rings. The minimum Gasteiger partial charge on any atom is -0.348 e. The zero-order chi connectivity index (χ0) is 22.0. The van der Waals surface area contributed by atoms with E-state index >= 15 is 0 Å². The summed E-state index contributed by atoms with van der Waals surface area (Å²) in [5.74, 6) is 0.0761. The summed E-state index contributed by atoms with van der Waals surface area (Å²) in [4.78, 5) is 32.2. The van der Waals surface area contributed by atoms with E-state index in [9.17, 15) is 9.59 Å². The Bertz CT molecular complexity index is 1120. The number of nitrogens with zero attached hydrogens (tertiary/aromatic N) is 3. The second-order valence-corrected chi connectivity index (χ2v) is 9.08. The van der Waals surface area contributed by atoms with E-state index in [0.717, 1.165) is 28.2 Å². The van der Waals surface area contributed by atoms with Crippen molar-refractivity contribution >= 4 is 46.2 Å². The SMILES string of the molecule is CC(NC(=O)[C@@H]1CCCN1C(=O)CSc1nc2ccccc2n1C)c1ccccc1Cl. The number of aryl methyl sites for hydroxylation is 1. The summed E-state index contributed by atoms with van der Waals surface area (Å²) in [5, 5.41) is 4.44. The predicted octanol–water partition coefficient (Wildman–Crippen LogP) is 4.19. The summed E-state index contributed by atoms with van der Waals surface area (Å²) >= 11 is 7.66. The second-order valence-electron chi connectivity index (χ2n) is 7.73. The highest BCUT2D eigenvalue weighted by Gasteiger charge is 2.34. The molecule has 0 spiro atoms. The maximum Gasteiger partial charge on any atom is 0.243 e. The van der Waals surface area contributed by atoms with Gasteiger partial charge in [0, 0.05) is 18.6 Å². The van der Waals surface area contributed by atoms with Crippen LogP contribution in [0, 0.1) is 0 Å². The number of fused-ring (bicyclic) bond motifs is 1. The summed E-state index contributed by atoms with van der Waals surface area (Å²) in [6, 6.07) is 14.7. The molecule has 2 aromatic carbocycles. The van der Waals surface area contributed by atoms with Crippen molar-refractivity contribution in [2.75, 3.05) is 12.3 Å². The Morgan fingerprint density at radius 3 is 2.74 bits per heavy atom. The van der Waals surface area contributed by atoms with Gasteiger partial charge in [-0.2, -0.15) is 0 Å². The highest BCUT2D eigenvalue weighted by Crippen LogP contribution is 2.26. The summed E-state index contributed by atoms with van der Waals surface area (Å²) in [6.07, 6.45) is 1.49. The molecule has 0 saturated carbocycles. The van der Waals surface area contributed by atoms with E-state index in [2.05, 4.69) is 10.3 Å². The molecule has 1 aliphatic heterocycles. The predicted molar refractivity (Wildman–Crippen MR) is 124 cm³/mol. The van der Waals surface area contributed by atoms with E-state index < -0.39 is 6.04 Å². The molecule has 2 heterocycles. The van der Waals surface area contributed by atoms with Gasteiger partial charge in [0.15, 0.2) is 5.16 Å². The number of thioether (sulfide) groups is 1. The van der Waals surface area contributed by atoms with Crippen molar-refractivity contribution in [1.29, 1.82) is 0 Å². The molecule has 1 fully saturated rings. The molecule has 1 aromatic heterocycles. The van der Waals surface area contributed by atoms with Gasteiger partial charge in [-0.1, -0.05) is 53.7 Å². The maximum absolute atomic E-state index is 12.9. The Morgan fingerprint density at radius 1 is 1.23 bits per heavy atom. The van der Waals surface area contributed by atoms with Crippen LogP contribution in [-0.4, -0.2) is 44.6 Å². The largest absolute Gasteiger partial charge is 0.348 e. The smallest absolute Gasteiger partial charge is 0.243 e. The van der Waals surface area contributed by atoms with Crippen molar-refractivity contribution in [2.24, 2.45) is 7.05 Å². The van der Waals surface area contributed by atoms with Crippen LogP contribution in [0.5, 0.6) is 0 Å². The number of amides is 2. The number of imidazole rings is 1. The number of carbonyl (C=O) groups is 2. The molecule has 1 N–H and O–H groups in total. The summed E-state index contributed by atoms with van der Waals surface area (Å²) in [6.45, 7) is 2.50. The number of carbonyl (C=O) groups excluding carboxylic acids is 2. The van der Waals surface area contributed by atoms with Crippen LogP contribution in [0.4, 0.5) is 0 Å². The molecule has 6 nitrogen and oxygen atoms in total. The molecule has 0 bridgehead atoms. The molecule has 8 heteroatoms. The molecule has 0 aliphatic carbocycles. The summed E-state index contributed by atoms with van der Waals surface area (Å²) in [7, 11) is 1.95. The summed E-state index contributed by atoms with van der Waals surface area (Å²) < 4.78 is 1.99. The van der Waals surface area contributed by atoms with Crippen LogP contribution in [0.2, 0.25) is 5.02 Å². The Kier molecular flexibility index (Phi) is 6.53. The molecular formula is C23H25ClN4O2S. The van der Waals surface area contributed by atoms with Crippen LogP contribution < -0.4 is 5.32 Å². The first-order valence-electron chi connectivity index (χ1n) is 10.3. The third kappa shape index (κ3) is 4.57. The van der Waals surface area contributed by atoms with Gasteiger partial charge < -0.3 is 14.8 Å². The van der Waals surface area contributed by atoms with Gasteiger partial charge in [0.05, 0.1) is 22.8 Å². The van der Waals surface area contributed by atoms with Crippen molar-refractivity contribution in [3.8, 4) is 0 Å². The number of halogens is 1. The molecule has 2 amide bonds. The first-order chi connectivity index (χ1) is 15.0. The molecule has 1 aliphatic rings. The fourth-order valence-corrected chi connectivity index (χ4v) is 5.19. The van der Waals surface area contributed by atoms with Gasteiger partial charge in [-0.05, 0) is 43.5 Å². The van der Waals surface area contributed by atoms with Crippen molar-refractivity contribution in [2.45, 2.75) is 37.0 Å². The van der Waals surface area contributed by atoms with Gasteiger partial charge in [-0.15, -0.1) is 0 Å². The first kappa shape index (κ1) is 21.7. The lowest BCUT2D eigenvalue weighted by molar-refractivity contribution is -0.136. The number of likely N-dealkylation sites (tertiary alicyclic amines) is 1. The lowest BCUT2D eigenvalue weighted by atomic mass is 10.1. The Labute approximate surface area is 191 Å². The minimum absolute atomic E-state index is 0.0416. The number of nitrogens with one attached hydrogen (secondary N) is 1. The molecule has 31 heavy (non-hydrogen) atoms. The lowest BCUT2D eigenvalue weighted by Gasteiger charge is -2.26. The quantitative estimate of drug-likeness (QED) is 0.565. The Morgan fingerprint density at radius 2 is 1.97 bits per heavy atom. The molecular weight excluding hydrogens is 432 g/mol. The lowest BCUT2D eigenvalue weighted by Crippen LogP contribution is -2.47. The zero-order valence-electron chi connectivity index (χ0n) is 17.5. The van der Waals surface area contributed by atoms with Crippen molar-refractivity contribution in [1.82, 2.24) is 19.8 Å². The molecule has 0 radical (unpaired) electrons. The molecule has 1 saturated heterocycles. The number of hydrogen-bond donors (Lipinski definition) is 1. The van der Waals surface area contributed by atoms with E-state index in [1.165, 1.54) is 11.8 Å². The molecule has 4 rings (SSSR count). The van der Waals surface area contributed by atoms with E-state index in [1.54, 1.807) is 4.90 Å². The normalized spacial score (nSPS) is 17.1. The molecule has 162 valence electrons. The van der Waals surface area contributed by atoms with Crippen molar-refractivity contribution in [3.63, 3.8) is 0 Å². The van der Waals surface area contributed by atoms with Gasteiger partial charge in [0.1, 0.15) is 6.04 Å². The second kappa shape index (κ2) is 9.32. The van der Waals surface area contributed by atoms with Crippen molar-refractivity contribution in [3.05, 3.63) is 59.1 Å². The van der Waals surface area contributed by atoms with E-state index in [-0.39, 0.29) is 23.6 Å². The van der Waals surface area contributed by atoms with Crippen LogP contribution in [-0.2, 0) is 16.6 Å². The van der Waals surface area contributed by atoms with E-state index in [4.69, 9.17) is 11.6 Å². The Balaban J connectivity index is 1.39. The number of para-hydroxylation sites is 2.